The highest BCUT2D eigenvalue weighted by Gasteiger charge is 2.17. The van der Waals surface area contributed by atoms with E-state index >= 15 is 0 Å². The first-order chi connectivity index (χ1) is 18.6. The molecule has 0 saturated heterocycles. The van der Waals surface area contributed by atoms with E-state index < -0.39 is 11.8 Å². The van der Waals surface area contributed by atoms with Crippen molar-refractivity contribution in [3.63, 3.8) is 0 Å². The van der Waals surface area contributed by atoms with Gasteiger partial charge in [-0.1, -0.05) is 10.3 Å². The summed E-state index contributed by atoms with van der Waals surface area (Å²) >= 11 is 13.6. The first-order valence-corrected chi connectivity index (χ1v) is 14.5. The summed E-state index contributed by atoms with van der Waals surface area (Å²) in [5.74, 6) is 0.227. The molecule has 0 bridgehead atoms. The van der Waals surface area contributed by atoms with Gasteiger partial charge >= 0.3 is 0 Å². The van der Waals surface area contributed by atoms with Crippen molar-refractivity contribution >= 4 is 87.0 Å². The van der Waals surface area contributed by atoms with E-state index in [1.807, 2.05) is 0 Å². The van der Waals surface area contributed by atoms with E-state index in [1.165, 1.54) is 0 Å². The zero-order valence-electron chi connectivity index (χ0n) is 21.0. The van der Waals surface area contributed by atoms with E-state index in [4.69, 9.17) is 9.47 Å². The van der Waals surface area contributed by atoms with Gasteiger partial charge in [-0.2, -0.15) is 0 Å². The molecule has 0 aromatic heterocycles. The van der Waals surface area contributed by atoms with Crippen LogP contribution in [0.4, 0.5) is 0 Å². The number of halogens is 4. The molecule has 0 unspecified atom stereocenters. The smallest absolute Gasteiger partial charge is 0.269 e. The number of hydrogen-bond donors (Lipinski definition) is 5. The van der Waals surface area contributed by atoms with Crippen molar-refractivity contribution < 1.29 is 29.5 Å². The second-order valence-electron chi connectivity index (χ2n) is 7.89. The van der Waals surface area contributed by atoms with Crippen molar-refractivity contribution in [2.45, 2.75) is 12.8 Å². The number of oxime groups is 2. The van der Waals surface area contributed by atoms with Crippen molar-refractivity contribution in [3.8, 4) is 11.5 Å². The van der Waals surface area contributed by atoms with E-state index in [0.717, 1.165) is 11.1 Å². The largest absolute Gasteiger partial charge is 0.494 e. The molecule has 212 valence electrons. The van der Waals surface area contributed by atoms with Gasteiger partial charge in [0.05, 0.1) is 32.1 Å². The number of carbonyl (C=O) groups is 2. The van der Waals surface area contributed by atoms with Gasteiger partial charge in [0.15, 0.2) is 0 Å². The van der Waals surface area contributed by atoms with Gasteiger partial charge in [0.25, 0.3) is 11.8 Å². The number of benzene rings is 2. The molecule has 0 spiro atoms. The number of carbonyl (C=O) groups excluding carboxylic acids is 2. The lowest BCUT2D eigenvalue weighted by molar-refractivity contribution is -0.115. The fourth-order valence-corrected chi connectivity index (χ4v) is 6.60. The maximum absolute atomic E-state index is 12.4. The standard InChI is InChI=1S/C24H27Br4N5O6/c1-38-21-15(25)7-13(8-16(21)26)11-19(32-36)23(34)30-5-3-29-4-6-31-24(35)20(33-37)12-14-9-17(27)22(39-2)18(28)10-14/h7-10,29,36-37H,3-6,11-12H2,1-2H3,(H,30,34)(H,31,35)/b32-19+,33-20+. The highest BCUT2D eigenvalue weighted by Crippen LogP contribution is 2.35. The number of amides is 2. The van der Waals surface area contributed by atoms with Gasteiger partial charge in [0.2, 0.25) is 0 Å². The number of rotatable bonds is 14. The number of ether oxygens (including phenoxy) is 2. The Morgan fingerprint density at radius 3 is 1.31 bits per heavy atom. The summed E-state index contributed by atoms with van der Waals surface area (Å²) in [6.45, 7) is 1.36. The van der Waals surface area contributed by atoms with Crippen molar-refractivity contribution in [1.29, 1.82) is 0 Å². The van der Waals surface area contributed by atoms with Crippen LogP contribution >= 0.6 is 63.7 Å². The first kappa shape index (κ1) is 33.0. The zero-order chi connectivity index (χ0) is 28.9. The molecular weight excluding hydrogens is 774 g/mol. The maximum Gasteiger partial charge on any atom is 0.269 e. The Labute approximate surface area is 259 Å². The van der Waals surface area contributed by atoms with Gasteiger partial charge in [-0.25, -0.2) is 0 Å². The molecule has 11 nitrogen and oxygen atoms in total. The molecular formula is C24H27Br4N5O6. The monoisotopic (exact) mass is 797 g/mol. The van der Waals surface area contributed by atoms with Crippen LogP contribution in [0.15, 0.2) is 52.5 Å². The Hall–Kier alpha value is -2.20. The summed E-state index contributed by atoms with van der Waals surface area (Å²) in [6.07, 6.45) is 0.227. The van der Waals surface area contributed by atoms with Crippen LogP contribution < -0.4 is 25.4 Å². The van der Waals surface area contributed by atoms with Crippen LogP contribution in [-0.4, -0.2) is 74.1 Å². The van der Waals surface area contributed by atoms with Crippen molar-refractivity contribution in [3.05, 3.63) is 53.3 Å². The molecule has 2 rings (SSSR count). The van der Waals surface area contributed by atoms with Crippen molar-refractivity contribution in [2.75, 3.05) is 40.4 Å². The molecule has 5 N–H and O–H groups in total. The fraction of sp³-hybridized carbons (Fsp3) is 0.333. The summed E-state index contributed by atoms with van der Waals surface area (Å²) in [6, 6.07) is 7.11. The van der Waals surface area contributed by atoms with Crippen molar-refractivity contribution in [1.82, 2.24) is 16.0 Å². The number of nitrogens with zero attached hydrogens (tertiary/aromatic N) is 2. The highest BCUT2D eigenvalue weighted by atomic mass is 79.9. The molecule has 2 aromatic carbocycles. The minimum atomic E-state index is -0.503. The molecule has 0 atom stereocenters. The van der Waals surface area contributed by atoms with Crippen LogP contribution in [0.25, 0.3) is 0 Å². The van der Waals surface area contributed by atoms with Gasteiger partial charge in [-0.05, 0) is 99.1 Å². The summed E-state index contributed by atoms with van der Waals surface area (Å²) in [4.78, 5) is 24.8. The number of nitrogens with one attached hydrogen (secondary N) is 3. The summed E-state index contributed by atoms with van der Waals surface area (Å²) in [5, 5.41) is 33.3. The predicted octanol–water partition coefficient (Wildman–Crippen LogP) is 4.02. The third-order valence-electron chi connectivity index (χ3n) is 5.21. The maximum atomic E-state index is 12.4. The molecule has 0 aliphatic heterocycles. The quantitative estimate of drug-likeness (QED) is 0.0838. The molecule has 0 aliphatic carbocycles. The van der Waals surface area contributed by atoms with Crippen LogP contribution in [-0.2, 0) is 22.4 Å². The third-order valence-corrected chi connectivity index (χ3v) is 7.56. The van der Waals surface area contributed by atoms with Gasteiger partial charge in [-0.3, -0.25) is 9.59 Å². The molecule has 39 heavy (non-hydrogen) atoms. The highest BCUT2D eigenvalue weighted by molar-refractivity contribution is 9.11. The predicted molar refractivity (Wildman–Crippen MR) is 162 cm³/mol. The lowest BCUT2D eigenvalue weighted by atomic mass is 10.1. The molecule has 0 radical (unpaired) electrons. The Bertz CT molecular complexity index is 1100. The number of methoxy groups -OCH3 is 2. The van der Waals surface area contributed by atoms with Gasteiger partial charge in [-0.15, -0.1) is 0 Å². The molecule has 2 amide bonds. The van der Waals surface area contributed by atoms with Crippen molar-refractivity contribution in [2.24, 2.45) is 10.3 Å². The molecule has 0 heterocycles. The van der Waals surface area contributed by atoms with Gasteiger partial charge in [0, 0.05) is 39.0 Å². The first-order valence-electron chi connectivity index (χ1n) is 11.4. The minimum absolute atomic E-state index is 0.0435. The average molecular weight is 801 g/mol. The summed E-state index contributed by atoms with van der Waals surface area (Å²) in [7, 11) is 3.09. The minimum Gasteiger partial charge on any atom is -0.494 e. The van der Waals surface area contributed by atoms with Crippen LogP contribution in [0.2, 0.25) is 0 Å². The van der Waals surface area contributed by atoms with E-state index in [1.54, 1.807) is 38.5 Å². The summed E-state index contributed by atoms with van der Waals surface area (Å²) in [5.41, 5.74) is 1.39. The van der Waals surface area contributed by atoms with Crippen LogP contribution in [0.1, 0.15) is 11.1 Å². The summed E-state index contributed by atoms with van der Waals surface area (Å²) < 4.78 is 13.3. The third kappa shape index (κ3) is 10.0. The van der Waals surface area contributed by atoms with Gasteiger partial charge < -0.3 is 35.8 Å². The van der Waals surface area contributed by atoms with Crippen LogP contribution in [0.3, 0.4) is 0 Å². The van der Waals surface area contributed by atoms with Gasteiger partial charge in [0.1, 0.15) is 22.9 Å². The lowest BCUT2D eigenvalue weighted by Gasteiger charge is -2.11. The molecule has 0 aliphatic rings. The van der Waals surface area contributed by atoms with E-state index in [9.17, 15) is 20.0 Å². The van der Waals surface area contributed by atoms with Crippen LogP contribution in [0.5, 0.6) is 11.5 Å². The molecule has 2 aromatic rings. The lowest BCUT2D eigenvalue weighted by Crippen LogP contribution is -2.40. The Balaban J connectivity index is 1.72. The van der Waals surface area contributed by atoms with E-state index in [0.29, 0.717) is 42.5 Å². The molecule has 0 saturated carbocycles. The second-order valence-corrected chi connectivity index (χ2v) is 11.3. The molecule has 0 fully saturated rings. The van der Waals surface area contributed by atoms with E-state index in [-0.39, 0.29) is 37.4 Å². The topological polar surface area (TPSA) is 154 Å². The normalized spacial score (nSPS) is 11.7. The zero-order valence-corrected chi connectivity index (χ0v) is 27.3. The van der Waals surface area contributed by atoms with E-state index in [2.05, 4.69) is 90.0 Å². The molecule has 15 heteroatoms. The Morgan fingerprint density at radius 2 is 1.03 bits per heavy atom. The Kier molecular flexibility index (Phi) is 14.2. The Morgan fingerprint density at radius 1 is 0.692 bits per heavy atom. The SMILES string of the molecule is COc1c(Br)cc(C/C(=N\O)C(=O)NCCNCCNC(=O)/C(Cc2cc(Br)c(OC)c(Br)c2)=N/O)cc1Br. The average Bonchev–Trinajstić information content (AvgIpc) is 2.89. The van der Waals surface area contributed by atoms with Crippen LogP contribution in [0, 0.1) is 0 Å². The fourth-order valence-electron chi connectivity index (χ4n) is 3.39. The number of hydrogen-bond acceptors (Lipinski definition) is 9. The second kappa shape index (κ2) is 16.8.